The maximum Gasteiger partial charge on any atom is 0.348 e. The molecule has 0 fully saturated rings. The maximum absolute atomic E-state index is 11.6. The highest BCUT2D eigenvalue weighted by molar-refractivity contribution is 7.12. The quantitative estimate of drug-likeness (QED) is 0.751. The molecule has 5 heteroatoms. The van der Waals surface area contributed by atoms with Gasteiger partial charge in [-0.1, -0.05) is 0 Å². The molecule has 84 valence electrons. The van der Waals surface area contributed by atoms with Gasteiger partial charge in [-0.2, -0.15) is 5.10 Å². The topological polar surface area (TPSA) is 44.1 Å². The van der Waals surface area contributed by atoms with Crippen LogP contribution in [0.3, 0.4) is 0 Å². The summed E-state index contributed by atoms with van der Waals surface area (Å²) < 4.78 is 6.52. The van der Waals surface area contributed by atoms with E-state index in [1.165, 1.54) is 18.4 Å². The van der Waals surface area contributed by atoms with Gasteiger partial charge in [-0.05, 0) is 23.9 Å². The van der Waals surface area contributed by atoms with Crippen LogP contribution in [0.15, 0.2) is 17.6 Å². The molecule has 0 spiro atoms. The van der Waals surface area contributed by atoms with E-state index in [-0.39, 0.29) is 5.97 Å². The third-order valence-electron chi connectivity index (χ3n) is 2.42. The summed E-state index contributed by atoms with van der Waals surface area (Å²) in [5.41, 5.74) is 2.91. The molecule has 0 aromatic carbocycles. The van der Waals surface area contributed by atoms with Gasteiger partial charge in [-0.25, -0.2) is 4.79 Å². The molecule has 0 aliphatic heterocycles. The summed E-state index contributed by atoms with van der Waals surface area (Å²) in [6.07, 6.45) is 1.72. The molecule has 2 aromatic rings. The Labute approximate surface area is 97.5 Å². The molecule has 2 rings (SSSR count). The lowest BCUT2D eigenvalue weighted by Crippen LogP contribution is -2.02. The van der Waals surface area contributed by atoms with Gasteiger partial charge >= 0.3 is 5.97 Å². The number of aryl methyl sites for hydroxylation is 2. The Morgan fingerprint density at radius 2 is 2.31 bits per heavy atom. The van der Waals surface area contributed by atoms with Gasteiger partial charge in [0.25, 0.3) is 0 Å². The molecule has 0 saturated heterocycles. The van der Waals surface area contributed by atoms with Crippen molar-refractivity contribution in [1.82, 2.24) is 9.78 Å². The number of hydrogen-bond donors (Lipinski definition) is 0. The van der Waals surface area contributed by atoms with Crippen LogP contribution in [-0.4, -0.2) is 22.9 Å². The third kappa shape index (κ3) is 1.63. The van der Waals surface area contributed by atoms with Crippen LogP contribution in [0.2, 0.25) is 0 Å². The van der Waals surface area contributed by atoms with Gasteiger partial charge in [-0.15, -0.1) is 11.3 Å². The standard InChI is InChI=1S/C11H12N2O2S/c1-7-6-16-10(11(14)15-3)9(7)8-4-5-12-13(8)2/h4-6H,1-3H3. The molecule has 0 bridgehead atoms. The summed E-state index contributed by atoms with van der Waals surface area (Å²) in [6.45, 7) is 1.98. The molecular formula is C11H12N2O2S. The summed E-state index contributed by atoms with van der Waals surface area (Å²) in [5, 5.41) is 6.06. The molecular weight excluding hydrogens is 224 g/mol. The SMILES string of the molecule is COC(=O)c1scc(C)c1-c1ccnn1C. The summed E-state index contributed by atoms with van der Waals surface area (Å²) in [7, 11) is 3.25. The lowest BCUT2D eigenvalue weighted by Gasteiger charge is -2.04. The van der Waals surface area contributed by atoms with E-state index in [1.807, 2.05) is 25.4 Å². The summed E-state index contributed by atoms with van der Waals surface area (Å²) >= 11 is 1.40. The number of carbonyl (C=O) groups is 1. The smallest absolute Gasteiger partial charge is 0.348 e. The van der Waals surface area contributed by atoms with E-state index >= 15 is 0 Å². The number of rotatable bonds is 2. The number of ether oxygens (including phenoxy) is 1. The Balaban J connectivity index is 2.60. The molecule has 0 N–H and O–H groups in total. The van der Waals surface area contributed by atoms with Gasteiger partial charge in [0.05, 0.1) is 12.8 Å². The highest BCUT2D eigenvalue weighted by Gasteiger charge is 2.19. The molecule has 0 radical (unpaired) electrons. The summed E-state index contributed by atoms with van der Waals surface area (Å²) in [4.78, 5) is 12.2. The highest BCUT2D eigenvalue weighted by Crippen LogP contribution is 2.32. The maximum atomic E-state index is 11.6. The average Bonchev–Trinajstić information content (AvgIpc) is 2.83. The van der Waals surface area contributed by atoms with Crippen molar-refractivity contribution in [2.45, 2.75) is 6.92 Å². The molecule has 0 unspecified atom stereocenters. The second kappa shape index (κ2) is 4.09. The number of methoxy groups -OCH3 is 1. The van der Waals surface area contributed by atoms with Crippen molar-refractivity contribution >= 4 is 17.3 Å². The second-order valence-corrected chi connectivity index (χ2v) is 4.33. The molecule has 0 atom stereocenters. The molecule has 0 amide bonds. The monoisotopic (exact) mass is 236 g/mol. The largest absolute Gasteiger partial charge is 0.465 e. The molecule has 2 heterocycles. The number of carbonyl (C=O) groups excluding carboxylic acids is 1. The number of thiophene rings is 1. The molecule has 4 nitrogen and oxygen atoms in total. The van der Waals surface area contributed by atoms with Gasteiger partial charge in [0.1, 0.15) is 4.88 Å². The van der Waals surface area contributed by atoms with E-state index < -0.39 is 0 Å². The summed E-state index contributed by atoms with van der Waals surface area (Å²) in [5.74, 6) is -0.297. The minimum atomic E-state index is -0.297. The number of hydrogen-bond acceptors (Lipinski definition) is 4. The minimum Gasteiger partial charge on any atom is -0.465 e. The zero-order chi connectivity index (χ0) is 11.7. The van der Waals surface area contributed by atoms with Crippen molar-refractivity contribution in [1.29, 1.82) is 0 Å². The van der Waals surface area contributed by atoms with E-state index in [0.29, 0.717) is 4.88 Å². The van der Waals surface area contributed by atoms with Crippen LogP contribution in [0.5, 0.6) is 0 Å². The fraction of sp³-hybridized carbons (Fsp3) is 0.273. The zero-order valence-corrected chi connectivity index (χ0v) is 10.2. The Bertz CT molecular complexity index is 528. The molecule has 0 aliphatic rings. The Morgan fingerprint density at radius 3 is 2.88 bits per heavy atom. The predicted molar refractivity (Wildman–Crippen MR) is 62.6 cm³/mol. The predicted octanol–water partition coefficient (Wildman–Crippen LogP) is 2.24. The van der Waals surface area contributed by atoms with E-state index in [1.54, 1.807) is 10.9 Å². The van der Waals surface area contributed by atoms with Crippen LogP contribution in [0.25, 0.3) is 11.3 Å². The van der Waals surface area contributed by atoms with Crippen LogP contribution >= 0.6 is 11.3 Å². The van der Waals surface area contributed by atoms with Gasteiger partial charge in [0, 0.05) is 18.8 Å². The first-order valence-electron chi connectivity index (χ1n) is 4.80. The second-order valence-electron chi connectivity index (χ2n) is 3.45. The van der Waals surface area contributed by atoms with Crippen LogP contribution in [0.1, 0.15) is 15.2 Å². The molecule has 0 aliphatic carbocycles. The van der Waals surface area contributed by atoms with Gasteiger partial charge < -0.3 is 4.74 Å². The Hall–Kier alpha value is -1.62. The van der Waals surface area contributed by atoms with E-state index in [9.17, 15) is 4.79 Å². The average molecular weight is 236 g/mol. The fourth-order valence-corrected chi connectivity index (χ4v) is 2.60. The van der Waals surface area contributed by atoms with E-state index in [2.05, 4.69) is 5.10 Å². The Kier molecular flexibility index (Phi) is 2.78. The van der Waals surface area contributed by atoms with E-state index in [0.717, 1.165) is 16.8 Å². The van der Waals surface area contributed by atoms with Crippen LogP contribution in [0.4, 0.5) is 0 Å². The van der Waals surface area contributed by atoms with Crippen molar-refractivity contribution in [3.05, 3.63) is 28.1 Å². The van der Waals surface area contributed by atoms with Gasteiger partial charge in [-0.3, -0.25) is 4.68 Å². The van der Waals surface area contributed by atoms with Crippen molar-refractivity contribution in [2.75, 3.05) is 7.11 Å². The first kappa shape index (κ1) is 10.9. The fourth-order valence-electron chi connectivity index (χ4n) is 1.62. The molecule has 16 heavy (non-hydrogen) atoms. The highest BCUT2D eigenvalue weighted by atomic mass is 32.1. The van der Waals surface area contributed by atoms with Crippen LogP contribution in [0, 0.1) is 6.92 Å². The van der Waals surface area contributed by atoms with Crippen molar-refractivity contribution in [2.24, 2.45) is 7.05 Å². The summed E-state index contributed by atoms with van der Waals surface area (Å²) in [6, 6.07) is 1.89. The normalized spacial score (nSPS) is 10.4. The number of aromatic nitrogens is 2. The Morgan fingerprint density at radius 1 is 1.56 bits per heavy atom. The number of esters is 1. The molecule has 2 aromatic heterocycles. The number of nitrogens with zero attached hydrogens (tertiary/aromatic N) is 2. The lowest BCUT2D eigenvalue weighted by molar-refractivity contribution is 0.0607. The van der Waals surface area contributed by atoms with Crippen molar-refractivity contribution in [3.63, 3.8) is 0 Å². The first-order valence-corrected chi connectivity index (χ1v) is 5.68. The van der Waals surface area contributed by atoms with Crippen LogP contribution in [-0.2, 0) is 11.8 Å². The van der Waals surface area contributed by atoms with Crippen molar-refractivity contribution in [3.8, 4) is 11.3 Å². The van der Waals surface area contributed by atoms with Crippen molar-refractivity contribution < 1.29 is 9.53 Å². The van der Waals surface area contributed by atoms with Gasteiger partial charge in [0.2, 0.25) is 0 Å². The molecule has 0 saturated carbocycles. The van der Waals surface area contributed by atoms with Crippen LogP contribution < -0.4 is 0 Å². The minimum absolute atomic E-state index is 0.297. The third-order valence-corrected chi connectivity index (χ3v) is 3.50. The van der Waals surface area contributed by atoms with E-state index in [4.69, 9.17) is 4.74 Å². The first-order chi connectivity index (χ1) is 7.65. The van der Waals surface area contributed by atoms with Gasteiger partial charge in [0.15, 0.2) is 0 Å². The zero-order valence-electron chi connectivity index (χ0n) is 9.35. The lowest BCUT2D eigenvalue weighted by atomic mass is 10.1.